The maximum absolute atomic E-state index is 9.57. The number of aliphatic hydroxyl groups is 1. The molecule has 2 rings (SSSR count). The lowest BCUT2D eigenvalue weighted by Crippen LogP contribution is -2.52. The first-order valence-electron chi connectivity index (χ1n) is 7.06. The molecule has 0 unspecified atom stereocenters. The molecule has 1 aliphatic rings. The average Bonchev–Trinajstić information content (AvgIpc) is 2.39. The van der Waals surface area contributed by atoms with E-state index in [1.54, 1.807) is 6.07 Å². The van der Waals surface area contributed by atoms with Gasteiger partial charge in [0.1, 0.15) is 5.75 Å². The molecule has 1 heterocycles. The molecule has 1 saturated heterocycles. The normalized spacial score (nSPS) is 19.1. The summed E-state index contributed by atoms with van der Waals surface area (Å²) in [5.74, 6) is 0.189. The first-order chi connectivity index (χ1) is 9.53. The highest BCUT2D eigenvalue weighted by Gasteiger charge is 2.32. The Morgan fingerprint density at radius 2 is 2.00 bits per heavy atom. The van der Waals surface area contributed by atoms with Crippen LogP contribution in [0.5, 0.6) is 5.75 Å². The number of aromatic hydroxyl groups is 1. The zero-order valence-electron chi connectivity index (χ0n) is 11.9. The molecule has 0 radical (unpaired) electrons. The van der Waals surface area contributed by atoms with Crippen molar-refractivity contribution in [3.05, 3.63) is 28.8 Å². The molecule has 0 bridgehead atoms. The summed E-state index contributed by atoms with van der Waals surface area (Å²) in [6.45, 7) is 2.91. The summed E-state index contributed by atoms with van der Waals surface area (Å²) in [7, 11) is 2.12. The fraction of sp³-hybridized carbons (Fsp3) is 0.600. The van der Waals surface area contributed by atoms with E-state index in [2.05, 4.69) is 17.3 Å². The number of halogens is 1. The van der Waals surface area contributed by atoms with Crippen molar-refractivity contribution in [3.63, 3.8) is 0 Å². The van der Waals surface area contributed by atoms with Gasteiger partial charge in [-0.1, -0.05) is 11.6 Å². The maximum Gasteiger partial charge on any atom is 0.117 e. The molecule has 1 aromatic carbocycles. The number of rotatable bonds is 5. The predicted molar refractivity (Wildman–Crippen MR) is 81.1 cm³/mol. The van der Waals surface area contributed by atoms with Crippen LogP contribution in [0.2, 0.25) is 5.02 Å². The van der Waals surface area contributed by atoms with Gasteiger partial charge in [-0.3, -0.25) is 0 Å². The zero-order valence-corrected chi connectivity index (χ0v) is 12.7. The van der Waals surface area contributed by atoms with Crippen molar-refractivity contribution in [2.75, 3.05) is 26.7 Å². The van der Waals surface area contributed by atoms with Crippen LogP contribution in [0.1, 0.15) is 24.8 Å². The van der Waals surface area contributed by atoms with Gasteiger partial charge in [-0.2, -0.15) is 0 Å². The Kier molecular flexibility index (Phi) is 5.27. The van der Waals surface area contributed by atoms with E-state index < -0.39 is 0 Å². The largest absolute Gasteiger partial charge is 0.508 e. The summed E-state index contributed by atoms with van der Waals surface area (Å²) < 4.78 is 0. The summed E-state index contributed by atoms with van der Waals surface area (Å²) in [5, 5.41) is 23.0. The van der Waals surface area contributed by atoms with Crippen molar-refractivity contribution in [2.24, 2.45) is 0 Å². The highest BCUT2D eigenvalue weighted by molar-refractivity contribution is 6.30. The lowest BCUT2D eigenvalue weighted by Gasteiger charge is -2.41. The van der Waals surface area contributed by atoms with Crippen molar-refractivity contribution in [1.29, 1.82) is 0 Å². The first kappa shape index (κ1) is 15.6. The van der Waals surface area contributed by atoms with Gasteiger partial charge in [0.2, 0.25) is 0 Å². The number of aliphatic hydroxyl groups excluding tert-OH is 1. The van der Waals surface area contributed by atoms with Crippen LogP contribution in [0.15, 0.2) is 18.2 Å². The molecular formula is C15H23ClN2O2. The fourth-order valence-corrected chi connectivity index (χ4v) is 3.05. The van der Waals surface area contributed by atoms with Crippen LogP contribution in [0.25, 0.3) is 0 Å². The Hall–Kier alpha value is -0.810. The number of hydrogen-bond acceptors (Lipinski definition) is 4. The van der Waals surface area contributed by atoms with Crippen molar-refractivity contribution < 1.29 is 10.2 Å². The van der Waals surface area contributed by atoms with Crippen LogP contribution in [-0.2, 0) is 6.54 Å². The van der Waals surface area contributed by atoms with Crippen LogP contribution >= 0.6 is 11.6 Å². The molecule has 0 spiro atoms. The highest BCUT2D eigenvalue weighted by Crippen LogP contribution is 2.26. The summed E-state index contributed by atoms with van der Waals surface area (Å²) in [6, 6.07) is 5.11. The van der Waals surface area contributed by atoms with E-state index in [0.29, 0.717) is 11.6 Å². The highest BCUT2D eigenvalue weighted by atomic mass is 35.5. The summed E-state index contributed by atoms with van der Waals surface area (Å²) in [4.78, 5) is 2.31. The average molecular weight is 299 g/mol. The fourth-order valence-electron chi connectivity index (χ4n) is 2.80. The molecule has 0 atom stereocenters. The second-order valence-corrected chi connectivity index (χ2v) is 6.16. The smallest absolute Gasteiger partial charge is 0.117 e. The number of piperidine rings is 1. The Morgan fingerprint density at radius 1 is 1.30 bits per heavy atom. The number of nitrogens with zero attached hydrogens (tertiary/aromatic N) is 1. The Morgan fingerprint density at radius 3 is 2.60 bits per heavy atom. The Bertz CT molecular complexity index is 425. The van der Waals surface area contributed by atoms with E-state index in [1.165, 1.54) is 6.07 Å². The van der Waals surface area contributed by atoms with E-state index in [1.807, 2.05) is 6.07 Å². The number of nitrogens with one attached hydrogen (secondary N) is 1. The van der Waals surface area contributed by atoms with Crippen molar-refractivity contribution >= 4 is 11.6 Å². The van der Waals surface area contributed by atoms with E-state index in [-0.39, 0.29) is 17.9 Å². The molecule has 0 saturated carbocycles. The Labute approximate surface area is 125 Å². The molecule has 112 valence electrons. The van der Waals surface area contributed by atoms with E-state index >= 15 is 0 Å². The minimum atomic E-state index is -0.0147. The lowest BCUT2D eigenvalue weighted by atomic mass is 9.84. The molecule has 4 nitrogen and oxygen atoms in total. The summed E-state index contributed by atoms with van der Waals surface area (Å²) >= 11 is 5.95. The van der Waals surface area contributed by atoms with Crippen molar-refractivity contribution in [1.82, 2.24) is 10.2 Å². The molecule has 20 heavy (non-hydrogen) atoms. The summed E-state index contributed by atoms with van der Waals surface area (Å²) in [5.41, 5.74) is 0.949. The van der Waals surface area contributed by atoms with E-state index in [9.17, 15) is 10.2 Å². The monoisotopic (exact) mass is 298 g/mol. The molecule has 0 aromatic heterocycles. The third-order valence-electron chi connectivity index (χ3n) is 4.14. The number of phenolic OH excluding ortho intramolecular Hbond substituents is 1. The van der Waals surface area contributed by atoms with Crippen LogP contribution in [-0.4, -0.2) is 47.4 Å². The van der Waals surface area contributed by atoms with Gasteiger partial charge in [0.15, 0.2) is 0 Å². The van der Waals surface area contributed by atoms with Gasteiger partial charge in [-0.15, -0.1) is 0 Å². The number of benzene rings is 1. The molecule has 1 fully saturated rings. The van der Waals surface area contributed by atoms with Gasteiger partial charge >= 0.3 is 0 Å². The van der Waals surface area contributed by atoms with Gasteiger partial charge in [0, 0.05) is 23.7 Å². The third kappa shape index (κ3) is 4.09. The van der Waals surface area contributed by atoms with Crippen molar-refractivity contribution in [3.8, 4) is 5.75 Å². The van der Waals surface area contributed by atoms with Gasteiger partial charge in [-0.05, 0) is 63.2 Å². The van der Waals surface area contributed by atoms with Crippen LogP contribution in [0.4, 0.5) is 0 Å². The second-order valence-electron chi connectivity index (χ2n) is 5.73. The summed E-state index contributed by atoms with van der Waals surface area (Å²) in [6.07, 6.45) is 2.81. The van der Waals surface area contributed by atoms with E-state index in [0.717, 1.165) is 37.9 Å². The standard InChI is InChI=1S/C15H23ClN2O2/c1-18-5-2-15(3-6-18,4-7-19)17-11-12-8-13(16)10-14(20)9-12/h8-10,17,19-20H,2-7,11H2,1H3. The van der Waals surface area contributed by atoms with Crippen molar-refractivity contribution in [2.45, 2.75) is 31.3 Å². The van der Waals surface area contributed by atoms with Gasteiger partial charge < -0.3 is 20.4 Å². The second kappa shape index (κ2) is 6.76. The molecule has 1 aliphatic heterocycles. The SMILES string of the molecule is CN1CCC(CCO)(NCc2cc(O)cc(Cl)c2)CC1. The first-order valence-corrected chi connectivity index (χ1v) is 7.44. The molecule has 0 amide bonds. The zero-order chi connectivity index (χ0) is 14.6. The van der Waals surface area contributed by atoms with Gasteiger partial charge in [0.25, 0.3) is 0 Å². The quantitative estimate of drug-likeness (QED) is 0.778. The van der Waals surface area contributed by atoms with Crippen LogP contribution in [0, 0.1) is 0 Å². The van der Waals surface area contributed by atoms with Gasteiger partial charge in [0.05, 0.1) is 0 Å². The molecule has 1 aromatic rings. The lowest BCUT2D eigenvalue weighted by molar-refractivity contribution is 0.121. The van der Waals surface area contributed by atoms with E-state index in [4.69, 9.17) is 11.6 Å². The van der Waals surface area contributed by atoms with Crippen LogP contribution in [0.3, 0.4) is 0 Å². The minimum absolute atomic E-state index is 0.0147. The Balaban J connectivity index is 2.01. The number of hydrogen-bond donors (Lipinski definition) is 3. The molecular weight excluding hydrogens is 276 g/mol. The molecule has 0 aliphatic carbocycles. The number of phenols is 1. The molecule has 5 heteroatoms. The third-order valence-corrected chi connectivity index (χ3v) is 4.36. The topological polar surface area (TPSA) is 55.7 Å². The molecule has 3 N–H and O–H groups in total. The predicted octanol–water partition coefficient (Wildman–Crippen LogP) is 1.98. The maximum atomic E-state index is 9.57. The minimum Gasteiger partial charge on any atom is -0.508 e. The van der Waals surface area contributed by atoms with Crippen LogP contribution < -0.4 is 5.32 Å². The number of likely N-dealkylation sites (tertiary alicyclic amines) is 1. The van der Waals surface area contributed by atoms with Gasteiger partial charge in [-0.25, -0.2) is 0 Å².